The second-order valence-electron chi connectivity index (χ2n) is 9.50. The zero-order valence-electron chi connectivity index (χ0n) is 20.7. The molecule has 0 bridgehead atoms. The number of aryl methyl sites for hydroxylation is 2. The summed E-state index contributed by atoms with van der Waals surface area (Å²) >= 11 is 0. The maximum Gasteiger partial charge on any atom is 0.150 e. The summed E-state index contributed by atoms with van der Waals surface area (Å²) in [6.07, 6.45) is 6.08. The van der Waals surface area contributed by atoms with Crippen LogP contribution in [0.15, 0.2) is 115 Å². The summed E-state index contributed by atoms with van der Waals surface area (Å²) in [5.74, 6) is 0. The number of nitrogens with one attached hydrogen (secondary N) is 1. The molecule has 3 N–H and O–H groups in total. The maximum atomic E-state index is 11.0. The van der Waals surface area contributed by atoms with Crippen LogP contribution in [-0.2, 0) is 5.41 Å². The minimum absolute atomic E-state index is 0.315. The molecule has 3 heteroatoms. The van der Waals surface area contributed by atoms with Crippen molar-refractivity contribution < 1.29 is 4.79 Å². The number of allylic oxidation sites excluding steroid dienone is 4. The number of benzene rings is 4. The van der Waals surface area contributed by atoms with Gasteiger partial charge in [-0.25, -0.2) is 0 Å². The third-order valence-electron chi connectivity index (χ3n) is 7.13. The smallest absolute Gasteiger partial charge is 0.150 e. The molecule has 0 aromatic heterocycles. The van der Waals surface area contributed by atoms with Gasteiger partial charge in [0.2, 0.25) is 0 Å². The quantitative estimate of drug-likeness (QED) is 0.287. The molecule has 0 aliphatic heterocycles. The molecule has 5 rings (SSSR count). The fourth-order valence-corrected chi connectivity index (χ4v) is 5.20. The number of rotatable bonds is 6. The molecular weight excluding hydrogens is 440 g/mol. The van der Waals surface area contributed by atoms with Crippen LogP contribution in [-0.4, -0.2) is 6.29 Å². The average molecular weight is 471 g/mol. The van der Waals surface area contributed by atoms with Crippen molar-refractivity contribution >= 4 is 23.2 Å². The number of carbonyl (C=O) groups is 1. The van der Waals surface area contributed by atoms with Gasteiger partial charge in [-0.15, -0.1) is 0 Å². The Balaban J connectivity index is 1.53. The molecule has 0 saturated heterocycles. The molecule has 4 aromatic carbocycles. The standard InChI is InChI=1S/C33H30N2O/c1-23-12-15-28(35-27-16-13-25(22-36)14-17-27)20-30(23)29-18-19-33(21-32(29)34,26-9-4-3-5-10-26)31-11-7-6-8-24(31)2/h3-20,22,35H,21,34H2,1-2H3. The van der Waals surface area contributed by atoms with E-state index < -0.39 is 0 Å². The van der Waals surface area contributed by atoms with Gasteiger partial charge in [0.05, 0.1) is 0 Å². The molecule has 1 aliphatic carbocycles. The third kappa shape index (κ3) is 4.36. The lowest BCUT2D eigenvalue weighted by atomic mass is 9.67. The summed E-state index contributed by atoms with van der Waals surface area (Å²) in [5, 5.41) is 3.45. The predicted octanol–water partition coefficient (Wildman–Crippen LogP) is 7.48. The number of carbonyl (C=O) groups excluding carboxylic acids is 1. The van der Waals surface area contributed by atoms with Gasteiger partial charge < -0.3 is 11.1 Å². The molecule has 0 fully saturated rings. The fraction of sp³-hybridized carbons (Fsp3) is 0.121. The molecule has 0 heterocycles. The van der Waals surface area contributed by atoms with E-state index in [0.717, 1.165) is 34.5 Å². The number of hydrogen-bond acceptors (Lipinski definition) is 3. The van der Waals surface area contributed by atoms with Crippen molar-refractivity contribution in [2.45, 2.75) is 25.7 Å². The van der Waals surface area contributed by atoms with E-state index in [1.807, 2.05) is 24.3 Å². The van der Waals surface area contributed by atoms with E-state index in [1.54, 1.807) is 0 Å². The van der Waals surface area contributed by atoms with Crippen molar-refractivity contribution in [1.29, 1.82) is 0 Å². The molecule has 1 aliphatic rings. The van der Waals surface area contributed by atoms with Crippen LogP contribution in [0.1, 0.15) is 44.6 Å². The van der Waals surface area contributed by atoms with Gasteiger partial charge >= 0.3 is 0 Å². The van der Waals surface area contributed by atoms with Gasteiger partial charge in [-0.2, -0.15) is 0 Å². The molecule has 178 valence electrons. The molecule has 3 nitrogen and oxygen atoms in total. The number of hydrogen-bond donors (Lipinski definition) is 2. The molecule has 0 spiro atoms. The lowest BCUT2D eigenvalue weighted by Gasteiger charge is -2.37. The molecule has 0 saturated carbocycles. The van der Waals surface area contributed by atoms with Crippen LogP contribution in [0.3, 0.4) is 0 Å². The molecular formula is C33H30N2O. The summed E-state index contributed by atoms with van der Waals surface area (Å²) in [7, 11) is 0. The largest absolute Gasteiger partial charge is 0.401 e. The SMILES string of the molecule is Cc1ccc(Nc2ccc(C=O)cc2)cc1C1=C(N)CC(c2ccccc2)(c2ccccc2C)C=C1. The molecule has 0 radical (unpaired) electrons. The minimum Gasteiger partial charge on any atom is -0.401 e. The first kappa shape index (κ1) is 23.4. The monoisotopic (exact) mass is 470 g/mol. The molecule has 1 atom stereocenters. The Kier molecular flexibility index (Phi) is 6.30. The summed E-state index contributed by atoms with van der Waals surface area (Å²) in [6, 6.07) is 33.0. The van der Waals surface area contributed by atoms with Gasteiger partial charge in [-0.1, -0.05) is 72.8 Å². The topological polar surface area (TPSA) is 55.1 Å². The van der Waals surface area contributed by atoms with Gasteiger partial charge in [-0.3, -0.25) is 4.79 Å². The highest BCUT2D eigenvalue weighted by molar-refractivity contribution is 5.83. The van der Waals surface area contributed by atoms with Gasteiger partial charge in [0.1, 0.15) is 6.29 Å². The summed E-state index contributed by atoms with van der Waals surface area (Å²) in [4.78, 5) is 11.0. The highest BCUT2D eigenvalue weighted by Gasteiger charge is 2.36. The zero-order chi connectivity index (χ0) is 25.1. The highest BCUT2D eigenvalue weighted by atomic mass is 16.1. The van der Waals surface area contributed by atoms with Crippen molar-refractivity contribution in [1.82, 2.24) is 0 Å². The molecule has 1 unspecified atom stereocenters. The van der Waals surface area contributed by atoms with Crippen LogP contribution in [0, 0.1) is 13.8 Å². The minimum atomic E-state index is -0.315. The first-order chi connectivity index (χ1) is 17.5. The lowest BCUT2D eigenvalue weighted by Crippen LogP contribution is -2.31. The van der Waals surface area contributed by atoms with Gasteiger partial charge in [-0.05, 0) is 78.1 Å². The van der Waals surface area contributed by atoms with Crippen LogP contribution in [0.4, 0.5) is 11.4 Å². The van der Waals surface area contributed by atoms with Crippen molar-refractivity contribution in [3.63, 3.8) is 0 Å². The van der Waals surface area contributed by atoms with Crippen LogP contribution in [0.25, 0.3) is 5.57 Å². The summed E-state index contributed by atoms with van der Waals surface area (Å²) < 4.78 is 0. The molecule has 0 amide bonds. The van der Waals surface area contributed by atoms with Crippen LogP contribution in [0.5, 0.6) is 0 Å². The third-order valence-corrected chi connectivity index (χ3v) is 7.13. The Labute approximate surface area is 213 Å². The van der Waals surface area contributed by atoms with Crippen LogP contribution < -0.4 is 11.1 Å². The van der Waals surface area contributed by atoms with E-state index in [-0.39, 0.29) is 5.41 Å². The van der Waals surface area contributed by atoms with Crippen molar-refractivity contribution in [3.05, 3.63) is 148 Å². The van der Waals surface area contributed by atoms with Gasteiger partial charge in [0.25, 0.3) is 0 Å². The summed E-state index contributed by atoms with van der Waals surface area (Å²) in [5.41, 5.74) is 17.1. The Hall–Kier alpha value is -4.37. The second-order valence-corrected chi connectivity index (χ2v) is 9.50. The fourth-order valence-electron chi connectivity index (χ4n) is 5.20. The highest BCUT2D eigenvalue weighted by Crippen LogP contribution is 2.45. The van der Waals surface area contributed by atoms with Gasteiger partial charge in [0.15, 0.2) is 0 Å². The van der Waals surface area contributed by atoms with E-state index >= 15 is 0 Å². The first-order valence-corrected chi connectivity index (χ1v) is 12.2. The van der Waals surface area contributed by atoms with E-state index in [4.69, 9.17) is 5.73 Å². The van der Waals surface area contributed by atoms with Crippen molar-refractivity contribution in [2.75, 3.05) is 5.32 Å². The first-order valence-electron chi connectivity index (χ1n) is 12.2. The lowest BCUT2D eigenvalue weighted by molar-refractivity contribution is 0.112. The van der Waals surface area contributed by atoms with Crippen molar-refractivity contribution in [3.8, 4) is 0 Å². The number of aldehydes is 1. The van der Waals surface area contributed by atoms with E-state index in [1.165, 1.54) is 22.3 Å². The van der Waals surface area contributed by atoms with E-state index in [2.05, 4.69) is 104 Å². The average Bonchev–Trinajstić information content (AvgIpc) is 2.91. The number of anilines is 2. The van der Waals surface area contributed by atoms with E-state index in [9.17, 15) is 4.79 Å². The molecule has 36 heavy (non-hydrogen) atoms. The van der Waals surface area contributed by atoms with E-state index in [0.29, 0.717) is 12.0 Å². The van der Waals surface area contributed by atoms with Crippen LogP contribution in [0.2, 0.25) is 0 Å². The second kappa shape index (κ2) is 9.71. The summed E-state index contributed by atoms with van der Waals surface area (Å²) in [6.45, 7) is 4.29. The Bertz CT molecular complexity index is 1470. The predicted molar refractivity (Wildman–Crippen MR) is 150 cm³/mol. The molecule has 4 aromatic rings. The van der Waals surface area contributed by atoms with Crippen LogP contribution >= 0.6 is 0 Å². The zero-order valence-corrected chi connectivity index (χ0v) is 20.7. The Morgan fingerprint density at radius 3 is 2.19 bits per heavy atom. The number of nitrogens with two attached hydrogens (primary N) is 1. The maximum absolute atomic E-state index is 11.0. The normalized spacial score (nSPS) is 17.2. The Morgan fingerprint density at radius 2 is 1.50 bits per heavy atom. The van der Waals surface area contributed by atoms with Gasteiger partial charge in [0, 0.05) is 40.0 Å². The van der Waals surface area contributed by atoms with Crippen molar-refractivity contribution in [2.24, 2.45) is 5.73 Å². The Morgan fingerprint density at radius 1 is 0.806 bits per heavy atom.